The first-order valence-corrected chi connectivity index (χ1v) is 6.42. The zero-order valence-electron chi connectivity index (χ0n) is 8.88. The summed E-state index contributed by atoms with van der Waals surface area (Å²) in [4.78, 5) is 0. The van der Waals surface area contributed by atoms with Crippen LogP contribution in [0.3, 0.4) is 0 Å². The Labute approximate surface area is 91.2 Å². The fourth-order valence-corrected chi connectivity index (χ4v) is 2.19. The fourth-order valence-electron chi connectivity index (χ4n) is 1.28. The number of allylic oxidation sites excluding steroid dienone is 2. The Kier molecular flexibility index (Phi) is 6.62. The van der Waals surface area contributed by atoms with Crippen LogP contribution >= 0.6 is 11.8 Å². The van der Waals surface area contributed by atoms with Crippen molar-refractivity contribution in [1.29, 1.82) is 0 Å². The molecule has 0 aromatic rings. The van der Waals surface area contributed by atoms with Gasteiger partial charge in [-0.05, 0) is 32.5 Å². The fraction of sp³-hybridized carbons (Fsp3) is 0.636. The van der Waals surface area contributed by atoms with Gasteiger partial charge in [0, 0.05) is 23.7 Å². The van der Waals surface area contributed by atoms with Gasteiger partial charge in [-0.1, -0.05) is 12.2 Å². The number of nitrogens with one attached hydrogen (secondary N) is 2. The molecule has 1 aliphatic heterocycles. The molecule has 0 aliphatic carbocycles. The van der Waals surface area contributed by atoms with E-state index in [1.54, 1.807) is 0 Å². The Balaban J connectivity index is 2.17. The highest BCUT2D eigenvalue weighted by Crippen LogP contribution is 2.09. The predicted octanol–water partition coefficient (Wildman–Crippen LogP) is 2.11. The smallest absolute Gasteiger partial charge is 0.0333 e. The van der Waals surface area contributed by atoms with E-state index < -0.39 is 0 Å². The van der Waals surface area contributed by atoms with Crippen LogP contribution in [0.2, 0.25) is 0 Å². The van der Waals surface area contributed by atoms with Gasteiger partial charge in [-0.3, -0.25) is 0 Å². The third-order valence-electron chi connectivity index (χ3n) is 2.11. The number of hydrogen-bond donors (Lipinski definition) is 2. The van der Waals surface area contributed by atoms with Crippen molar-refractivity contribution in [1.82, 2.24) is 10.6 Å². The molecule has 3 heteroatoms. The number of hydrogen-bond acceptors (Lipinski definition) is 3. The van der Waals surface area contributed by atoms with Gasteiger partial charge in [0.2, 0.25) is 0 Å². The summed E-state index contributed by atoms with van der Waals surface area (Å²) >= 11 is 1.97. The van der Waals surface area contributed by atoms with Crippen molar-refractivity contribution >= 4 is 11.8 Å². The molecule has 0 saturated heterocycles. The molecule has 0 amide bonds. The molecule has 0 spiro atoms. The lowest BCUT2D eigenvalue weighted by molar-refractivity contribution is 0.832. The number of thioether (sulfide) groups is 1. The van der Waals surface area contributed by atoms with Crippen LogP contribution in [0.25, 0.3) is 0 Å². The summed E-state index contributed by atoms with van der Waals surface area (Å²) < 4.78 is 0. The highest BCUT2D eigenvalue weighted by atomic mass is 32.2. The highest BCUT2D eigenvalue weighted by Gasteiger charge is 1.97. The molecule has 0 bridgehead atoms. The van der Waals surface area contributed by atoms with Gasteiger partial charge in [-0.15, -0.1) is 0 Å². The molecule has 0 unspecified atom stereocenters. The molecular formula is C11H20N2S. The van der Waals surface area contributed by atoms with Crippen LogP contribution < -0.4 is 10.6 Å². The third-order valence-corrected chi connectivity index (χ3v) is 3.11. The Morgan fingerprint density at radius 3 is 3.29 bits per heavy atom. The molecule has 14 heavy (non-hydrogen) atoms. The van der Waals surface area contributed by atoms with Gasteiger partial charge < -0.3 is 10.6 Å². The Morgan fingerprint density at radius 2 is 2.43 bits per heavy atom. The van der Waals surface area contributed by atoms with E-state index in [2.05, 4.69) is 29.0 Å². The van der Waals surface area contributed by atoms with Crippen LogP contribution in [0.5, 0.6) is 0 Å². The van der Waals surface area contributed by atoms with Gasteiger partial charge in [0.15, 0.2) is 0 Å². The lowest BCUT2D eigenvalue weighted by atomic mass is 10.2. The second-order valence-corrected chi connectivity index (χ2v) is 4.47. The first-order chi connectivity index (χ1) is 6.93. The second kappa shape index (κ2) is 7.94. The van der Waals surface area contributed by atoms with Crippen molar-refractivity contribution in [3.05, 3.63) is 24.0 Å². The summed E-state index contributed by atoms with van der Waals surface area (Å²) in [5.74, 6) is 2.28. The summed E-state index contributed by atoms with van der Waals surface area (Å²) in [6.45, 7) is 1.09. The first kappa shape index (κ1) is 11.7. The summed E-state index contributed by atoms with van der Waals surface area (Å²) in [6.07, 6.45) is 10.3. The van der Waals surface area contributed by atoms with Crippen LogP contribution in [0.4, 0.5) is 0 Å². The van der Waals surface area contributed by atoms with Gasteiger partial charge in [0.05, 0.1) is 0 Å². The first-order valence-electron chi connectivity index (χ1n) is 5.26. The van der Waals surface area contributed by atoms with Gasteiger partial charge in [0.25, 0.3) is 0 Å². The maximum absolute atomic E-state index is 3.34. The predicted molar refractivity (Wildman–Crippen MR) is 65.5 cm³/mol. The van der Waals surface area contributed by atoms with E-state index in [9.17, 15) is 0 Å². The van der Waals surface area contributed by atoms with E-state index in [1.807, 2.05) is 18.8 Å². The third kappa shape index (κ3) is 5.35. The van der Waals surface area contributed by atoms with E-state index in [0.717, 1.165) is 12.3 Å². The molecule has 2 nitrogen and oxygen atoms in total. The molecule has 0 fully saturated rings. The largest absolute Gasteiger partial charge is 0.365 e. The second-order valence-electron chi connectivity index (χ2n) is 3.36. The lowest BCUT2D eigenvalue weighted by Crippen LogP contribution is -2.13. The van der Waals surface area contributed by atoms with E-state index in [1.165, 1.54) is 30.7 Å². The molecule has 0 atom stereocenters. The maximum atomic E-state index is 3.34. The highest BCUT2D eigenvalue weighted by molar-refractivity contribution is 7.99. The minimum absolute atomic E-state index is 1.09. The maximum Gasteiger partial charge on any atom is 0.0333 e. The Morgan fingerprint density at radius 1 is 1.50 bits per heavy atom. The Bertz CT molecular complexity index is 199. The van der Waals surface area contributed by atoms with Gasteiger partial charge >= 0.3 is 0 Å². The molecule has 2 N–H and O–H groups in total. The molecule has 0 aromatic heterocycles. The molecule has 0 radical (unpaired) electrons. The number of rotatable bonds is 5. The average molecular weight is 212 g/mol. The monoisotopic (exact) mass is 212 g/mol. The minimum Gasteiger partial charge on any atom is -0.365 e. The van der Waals surface area contributed by atoms with E-state index in [-0.39, 0.29) is 0 Å². The Hall–Kier alpha value is -0.410. The van der Waals surface area contributed by atoms with Crippen LogP contribution in [-0.4, -0.2) is 25.1 Å². The molecule has 1 rings (SSSR count). The van der Waals surface area contributed by atoms with Crippen LogP contribution in [0.1, 0.15) is 19.3 Å². The van der Waals surface area contributed by atoms with Crippen molar-refractivity contribution < 1.29 is 0 Å². The van der Waals surface area contributed by atoms with E-state index in [4.69, 9.17) is 0 Å². The van der Waals surface area contributed by atoms with Crippen molar-refractivity contribution in [2.45, 2.75) is 19.3 Å². The summed E-state index contributed by atoms with van der Waals surface area (Å²) in [6, 6.07) is 0. The van der Waals surface area contributed by atoms with Gasteiger partial charge in [-0.25, -0.2) is 0 Å². The van der Waals surface area contributed by atoms with E-state index in [0.29, 0.717) is 0 Å². The molecule has 1 aliphatic rings. The quantitative estimate of drug-likeness (QED) is 0.683. The molecule has 0 saturated carbocycles. The zero-order valence-corrected chi connectivity index (χ0v) is 9.70. The van der Waals surface area contributed by atoms with Crippen molar-refractivity contribution in [2.75, 3.05) is 25.1 Å². The summed E-state index contributed by atoms with van der Waals surface area (Å²) in [5, 5.41) is 6.49. The van der Waals surface area contributed by atoms with Crippen molar-refractivity contribution in [3.8, 4) is 0 Å². The SMILES string of the molecule is CNCCSC/C1=C\CCC/C=C\N1. The summed E-state index contributed by atoms with van der Waals surface area (Å²) in [5.41, 5.74) is 1.36. The van der Waals surface area contributed by atoms with Gasteiger partial charge in [0.1, 0.15) is 0 Å². The van der Waals surface area contributed by atoms with Gasteiger partial charge in [-0.2, -0.15) is 11.8 Å². The van der Waals surface area contributed by atoms with Crippen LogP contribution in [0, 0.1) is 0 Å². The zero-order chi connectivity index (χ0) is 10.1. The average Bonchev–Trinajstić information content (AvgIpc) is 2.15. The molecule has 1 heterocycles. The minimum atomic E-state index is 1.09. The van der Waals surface area contributed by atoms with Crippen molar-refractivity contribution in [3.63, 3.8) is 0 Å². The molecule has 80 valence electrons. The van der Waals surface area contributed by atoms with Crippen LogP contribution in [0.15, 0.2) is 24.0 Å². The lowest BCUT2D eigenvalue weighted by Gasteiger charge is -2.09. The van der Waals surface area contributed by atoms with Crippen LogP contribution in [-0.2, 0) is 0 Å². The standard InChI is InChI=1S/C11H20N2S/c1-12-8-9-14-10-11-6-4-2-3-5-7-13-11/h5-7,12-13H,2-4,8-10H2,1H3/b7-5-,11-6+. The molecule has 0 aromatic carbocycles. The summed E-state index contributed by atoms with van der Waals surface area (Å²) in [7, 11) is 2.00. The van der Waals surface area contributed by atoms with E-state index >= 15 is 0 Å². The molecular weight excluding hydrogens is 192 g/mol. The topological polar surface area (TPSA) is 24.1 Å². The van der Waals surface area contributed by atoms with Crippen molar-refractivity contribution in [2.24, 2.45) is 0 Å². The normalized spacial score (nSPS) is 22.8.